The molecule has 0 saturated carbocycles. The van der Waals surface area contributed by atoms with E-state index in [1.807, 2.05) is 60.9 Å². The van der Waals surface area contributed by atoms with Crippen LogP contribution in [0.25, 0.3) is 5.69 Å². The van der Waals surface area contributed by atoms with Crippen LogP contribution in [-0.4, -0.2) is 26.7 Å². The molecule has 7 heteroatoms. The lowest BCUT2D eigenvalue weighted by molar-refractivity contribution is 0.310. The molecule has 2 aromatic heterocycles. The van der Waals surface area contributed by atoms with Crippen molar-refractivity contribution in [1.29, 1.82) is 0 Å². The summed E-state index contributed by atoms with van der Waals surface area (Å²) < 4.78 is 22.1. The zero-order chi connectivity index (χ0) is 24.5. The number of aromatic nitrogens is 2. The average Bonchev–Trinajstić information content (AvgIpc) is 3.35. The Hall–Kier alpha value is -3.71. The maximum absolute atomic E-state index is 14.8. The predicted molar refractivity (Wildman–Crippen MR) is 139 cm³/mol. The summed E-state index contributed by atoms with van der Waals surface area (Å²) in [6.45, 7) is 4.66. The lowest BCUT2D eigenvalue weighted by atomic mass is 9.96. The van der Waals surface area contributed by atoms with Gasteiger partial charge in [0, 0.05) is 24.1 Å². The van der Waals surface area contributed by atoms with Crippen molar-refractivity contribution in [3.63, 3.8) is 0 Å². The van der Waals surface area contributed by atoms with E-state index in [4.69, 9.17) is 17.0 Å². The molecule has 178 valence electrons. The van der Waals surface area contributed by atoms with E-state index in [0.717, 1.165) is 34.0 Å². The molecular weight excluding hydrogens is 459 g/mol. The number of nitrogens with one attached hydrogen (secondary N) is 1. The van der Waals surface area contributed by atoms with Gasteiger partial charge in [0.2, 0.25) is 0 Å². The molecule has 5 nitrogen and oxygen atoms in total. The number of methoxy groups -OCH3 is 1. The van der Waals surface area contributed by atoms with E-state index >= 15 is 0 Å². The first-order valence-electron chi connectivity index (χ1n) is 11.5. The van der Waals surface area contributed by atoms with Crippen LogP contribution in [0.5, 0.6) is 5.75 Å². The van der Waals surface area contributed by atoms with Gasteiger partial charge in [-0.15, -0.1) is 0 Å². The predicted octanol–water partition coefficient (Wildman–Crippen LogP) is 5.81. The topological polar surface area (TPSA) is 42.3 Å². The molecule has 1 N–H and O–H groups in total. The van der Waals surface area contributed by atoms with Crippen LogP contribution in [0.2, 0.25) is 0 Å². The van der Waals surface area contributed by atoms with Gasteiger partial charge in [-0.25, -0.2) is 4.39 Å². The average molecular weight is 487 g/mol. The van der Waals surface area contributed by atoms with E-state index in [0.29, 0.717) is 17.3 Å². The molecule has 2 aromatic carbocycles. The summed E-state index contributed by atoms with van der Waals surface area (Å²) in [5.74, 6) is 0.560. The maximum Gasteiger partial charge on any atom is 0.170 e. The highest BCUT2D eigenvalue weighted by atomic mass is 32.1. The third-order valence-electron chi connectivity index (χ3n) is 6.59. The third-order valence-corrected chi connectivity index (χ3v) is 6.94. The summed E-state index contributed by atoms with van der Waals surface area (Å²) in [6, 6.07) is 22.7. The first-order chi connectivity index (χ1) is 17.0. The number of ether oxygens (including phenoxy) is 1. The number of hydrogen-bond donors (Lipinski definition) is 1. The Balaban J connectivity index is 1.60. The molecule has 1 saturated heterocycles. The van der Waals surface area contributed by atoms with Gasteiger partial charge in [0.1, 0.15) is 11.6 Å². The number of hydrogen-bond acceptors (Lipinski definition) is 3. The third kappa shape index (κ3) is 4.28. The fourth-order valence-electron chi connectivity index (χ4n) is 4.93. The Morgan fingerprint density at radius 3 is 2.46 bits per heavy atom. The van der Waals surface area contributed by atoms with Crippen LogP contribution >= 0.6 is 12.2 Å². The molecule has 0 bridgehead atoms. The second-order valence-electron chi connectivity index (χ2n) is 8.72. The highest BCUT2D eigenvalue weighted by molar-refractivity contribution is 7.80. The van der Waals surface area contributed by atoms with Gasteiger partial charge in [0.15, 0.2) is 5.11 Å². The van der Waals surface area contributed by atoms with Crippen LogP contribution in [0.3, 0.4) is 0 Å². The summed E-state index contributed by atoms with van der Waals surface area (Å²) in [4.78, 5) is 6.83. The number of benzene rings is 2. The van der Waals surface area contributed by atoms with Crippen molar-refractivity contribution in [3.05, 3.63) is 113 Å². The van der Waals surface area contributed by atoms with Crippen LogP contribution in [0.15, 0.2) is 79.0 Å². The zero-order valence-corrected chi connectivity index (χ0v) is 20.7. The minimum Gasteiger partial charge on any atom is -0.497 e. The Bertz CT molecular complexity index is 1350. The first-order valence-corrected chi connectivity index (χ1v) is 11.9. The van der Waals surface area contributed by atoms with Crippen molar-refractivity contribution in [2.24, 2.45) is 0 Å². The van der Waals surface area contributed by atoms with Crippen LogP contribution in [0, 0.1) is 19.7 Å². The van der Waals surface area contributed by atoms with Gasteiger partial charge in [0.05, 0.1) is 30.6 Å². The molecule has 0 unspecified atom stereocenters. The number of thiocarbonyl (C=S) groups is 1. The number of rotatable bonds is 6. The molecule has 2 atom stereocenters. The number of para-hydroxylation sites is 1. The minimum atomic E-state index is -0.253. The molecule has 3 heterocycles. The van der Waals surface area contributed by atoms with Crippen molar-refractivity contribution < 1.29 is 9.13 Å². The SMILES string of the molecule is COc1ccc(CN2C(=S)N[C@@H](c3ccccn3)[C@H]2c2cc(C)n(-c3ccccc3F)c2C)cc1. The van der Waals surface area contributed by atoms with E-state index in [1.54, 1.807) is 19.4 Å². The molecule has 0 spiro atoms. The van der Waals surface area contributed by atoms with Crippen LogP contribution in [0.1, 0.15) is 40.3 Å². The Morgan fingerprint density at radius 1 is 1.03 bits per heavy atom. The summed E-state index contributed by atoms with van der Waals surface area (Å²) in [5, 5.41) is 4.17. The van der Waals surface area contributed by atoms with Crippen molar-refractivity contribution in [2.75, 3.05) is 7.11 Å². The molecule has 1 aliphatic heterocycles. The maximum atomic E-state index is 14.8. The molecule has 1 aliphatic rings. The first kappa shape index (κ1) is 23.1. The van der Waals surface area contributed by atoms with Crippen molar-refractivity contribution in [2.45, 2.75) is 32.5 Å². The lowest BCUT2D eigenvalue weighted by Crippen LogP contribution is -2.29. The molecule has 35 heavy (non-hydrogen) atoms. The van der Waals surface area contributed by atoms with Gasteiger partial charge in [-0.05, 0) is 79.7 Å². The van der Waals surface area contributed by atoms with Crippen molar-refractivity contribution in [1.82, 2.24) is 19.8 Å². The number of halogens is 1. The highest BCUT2D eigenvalue weighted by Gasteiger charge is 2.41. The Kier molecular flexibility index (Phi) is 6.26. The monoisotopic (exact) mass is 486 g/mol. The lowest BCUT2D eigenvalue weighted by Gasteiger charge is -2.28. The van der Waals surface area contributed by atoms with E-state index in [9.17, 15) is 4.39 Å². The fourth-order valence-corrected chi connectivity index (χ4v) is 5.24. The fraction of sp³-hybridized carbons (Fsp3) is 0.214. The van der Waals surface area contributed by atoms with Gasteiger partial charge in [-0.3, -0.25) is 4.98 Å². The summed E-state index contributed by atoms with van der Waals surface area (Å²) in [6.07, 6.45) is 1.80. The van der Waals surface area contributed by atoms with Gasteiger partial charge in [-0.2, -0.15) is 0 Å². The summed E-state index contributed by atoms with van der Waals surface area (Å²) in [7, 11) is 1.66. The van der Waals surface area contributed by atoms with Crippen LogP contribution in [0.4, 0.5) is 4.39 Å². The highest BCUT2D eigenvalue weighted by Crippen LogP contribution is 2.42. The quantitative estimate of drug-likeness (QED) is 0.349. The molecular formula is C28H27FN4OS. The van der Waals surface area contributed by atoms with Crippen LogP contribution in [-0.2, 0) is 6.54 Å². The van der Waals surface area contributed by atoms with Gasteiger partial charge >= 0.3 is 0 Å². The molecule has 0 aliphatic carbocycles. The minimum absolute atomic E-state index is 0.119. The standard InChI is InChI=1S/C28H27FN4OS/c1-18-16-22(19(2)33(18)25-10-5-4-8-23(25)29)27-26(24-9-6-7-15-30-24)31-28(35)32(27)17-20-11-13-21(34-3)14-12-20/h4-16,26-27H,17H2,1-3H3,(H,31,35)/t26-,27+/m0/s1. The smallest absolute Gasteiger partial charge is 0.170 e. The van der Waals surface area contributed by atoms with Gasteiger partial charge in [-0.1, -0.05) is 30.3 Å². The number of aryl methyl sites for hydroxylation is 1. The molecule has 0 amide bonds. The Morgan fingerprint density at radius 2 is 1.77 bits per heavy atom. The largest absolute Gasteiger partial charge is 0.497 e. The normalized spacial score (nSPS) is 17.5. The van der Waals surface area contributed by atoms with E-state index in [-0.39, 0.29) is 17.9 Å². The van der Waals surface area contributed by atoms with Crippen LogP contribution < -0.4 is 10.1 Å². The van der Waals surface area contributed by atoms with Gasteiger partial charge in [0.25, 0.3) is 0 Å². The molecule has 0 radical (unpaired) electrons. The van der Waals surface area contributed by atoms with E-state index < -0.39 is 0 Å². The summed E-state index contributed by atoms with van der Waals surface area (Å²) in [5.41, 5.74) is 5.59. The second-order valence-corrected chi connectivity index (χ2v) is 9.10. The zero-order valence-electron chi connectivity index (χ0n) is 19.9. The van der Waals surface area contributed by atoms with Gasteiger partial charge < -0.3 is 19.5 Å². The summed E-state index contributed by atoms with van der Waals surface area (Å²) >= 11 is 5.84. The second kappa shape index (κ2) is 9.50. The van der Waals surface area contributed by atoms with Crippen molar-refractivity contribution in [3.8, 4) is 11.4 Å². The van der Waals surface area contributed by atoms with Crippen molar-refractivity contribution >= 4 is 17.3 Å². The number of nitrogens with zero attached hydrogens (tertiary/aromatic N) is 3. The van der Waals surface area contributed by atoms with E-state index in [1.165, 1.54) is 6.07 Å². The molecule has 5 rings (SSSR count). The number of pyridine rings is 1. The molecule has 4 aromatic rings. The Labute approximate surface area is 210 Å². The van der Waals surface area contributed by atoms with E-state index in [2.05, 4.69) is 33.4 Å². The molecule has 1 fully saturated rings.